The zero-order valence-corrected chi connectivity index (χ0v) is 20.5. The van der Waals surface area contributed by atoms with Crippen LogP contribution in [-0.2, 0) is 4.79 Å². The van der Waals surface area contributed by atoms with Gasteiger partial charge in [-0.1, -0.05) is 41.7 Å². The van der Waals surface area contributed by atoms with Crippen molar-refractivity contribution in [3.05, 3.63) is 77.6 Å². The zero-order chi connectivity index (χ0) is 26.1. The maximum absolute atomic E-state index is 15.0. The lowest BCUT2D eigenvalue weighted by Crippen LogP contribution is -2.38. The molecule has 37 heavy (non-hydrogen) atoms. The van der Waals surface area contributed by atoms with Crippen LogP contribution in [0, 0.1) is 17.1 Å². The molecule has 5 N–H and O–H groups in total. The number of aromatic nitrogens is 1. The van der Waals surface area contributed by atoms with Gasteiger partial charge in [-0.25, -0.2) is 14.2 Å². The highest BCUT2D eigenvalue weighted by molar-refractivity contribution is 7.22. The van der Waals surface area contributed by atoms with E-state index in [1.54, 1.807) is 6.07 Å². The van der Waals surface area contributed by atoms with Gasteiger partial charge in [-0.3, -0.25) is 10.2 Å². The molecule has 0 bridgehead atoms. The van der Waals surface area contributed by atoms with Crippen LogP contribution in [0.1, 0.15) is 28.8 Å². The number of aromatic carboxylic acids is 1. The molecule has 0 aliphatic carbocycles. The fourth-order valence-electron chi connectivity index (χ4n) is 4.48. The Balaban J connectivity index is 1.41. The summed E-state index contributed by atoms with van der Waals surface area (Å²) >= 11 is 1.34. The van der Waals surface area contributed by atoms with E-state index >= 15 is 4.39 Å². The van der Waals surface area contributed by atoms with Crippen LogP contribution in [0.15, 0.2) is 60.7 Å². The van der Waals surface area contributed by atoms with Gasteiger partial charge in [0.05, 0.1) is 15.8 Å². The van der Waals surface area contributed by atoms with Crippen LogP contribution in [0.2, 0.25) is 0 Å². The van der Waals surface area contributed by atoms with E-state index in [-0.39, 0.29) is 34.4 Å². The van der Waals surface area contributed by atoms with Gasteiger partial charge in [0, 0.05) is 41.4 Å². The van der Waals surface area contributed by atoms with Gasteiger partial charge in [-0.15, -0.1) is 0 Å². The smallest absolute Gasteiger partial charge is 0.335 e. The van der Waals surface area contributed by atoms with E-state index in [9.17, 15) is 14.7 Å². The van der Waals surface area contributed by atoms with Crippen molar-refractivity contribution >= 4 is 50.1 Å². The number of anilines is 2. The summed E-state index contributed by atoms with van der Waals surface area (Å²) in [6.07, 6.45) is 1.31. The first-order valence-corrected chi connectivity index (χ1v) is 12.5. The Labute approximate surface area is 216 Å². The summed E-state index contributed by atoms with van der Waals surface area (Å²) in [4.78, 5) is 31.3. The lowest BCUT2D eigenvalue weighted by atomic mass is 9.96. The Morgan fingerprint density at radius 2 is 1.78 bits per heavy atom. The molecule has 188 valence electrons. The summed E-state index contributed by atoms with van der Waals surface area (Å²) in [6.45, 7) is 1.24. The largest absolute Gasteiger partial charge is 0.478 e. The second-order valence-electron chi connectivity index (χ2n) is 8.90. The first-order chi connectivity index (χ1) is 17.8. The van der Waals surface area contributed by atoms with Crippen LogP contribution in [0.3, 0.4) is 0 Å². The number of carboxylic acid groups (broad SMARTS) is 1. The highest BCUT2D eigenvalue weighted by Gasteiger charge is 2.27. The number of carbonyl (C=O) groups excluding carboxylic acids is 1. The molecule has 10 heteroatoms. The molecule has 1 aromatic heterocycles. The van der Waals surface area contributed by atoms with Crippen LogP contribution in [0.4, 0.5) is 15.2 Å². The molecule has 0 atom stereocenters. The molecule has 1 aliphatic heterocycles. The van der Waals surface area contributed by atoms with Crippen LogP contribution in [-0.4, -0.2) is 40.9 Å². The van der Waals surface area contributed by atoms with Crippen molar-refractivity contribution in [3.63, 3.8) is 0 Å². The summed E-state index contributed by atoms with van der Waals surface area (Å²) in [6, 6.07) is 16.5. The Hall–Kier alpha value is -4.31. The van der Waals surface area contributed by atoms with Crippen LogP contribution in [0.5, 0.6) is 0 Å². The van der Waals surface area contributed by atoms with Crippen molar-refractivity contribution in [1.82, 2.24) is 4.98 Å². The van der Waals surface area contributed by atoms with Gasteiger partial charge in [0.25, 0.3) is 0 Å². The van der Waals surface area contributed by atoms with Crippen molar-refractivity contribution in [3.8, 4) is 11.1 Å². The van der Waals surface area contributed by atoms with Crippen LogP contribution >= 0.6 is 11.3 Å². The van der Waals surface area contributed by atoms with Crippen molar-refractivity contribution < 1.29 is 19.1 Å². The molecule has 3 aromatic carbocycles. The number of para-hydroxylation sites is 1. The Bertz CT molecular complexity index is 1510. The van der Waals surface area contributed by atoms with Gasteiger partial charge in [0.1, 0.15) is 11.7 Å². The molecule has 0 unspecified atom stereocenters. The molecule has 1 aliphatic rings. The fraction of sp³-hybridized carbons (Fsp3) is 0.185. The third-order valence-electron chi connectivity index (χ3n) is 6.48. The minimum absolute atomic E-state index is 0.00646. The molecule has 0 spiro atoms. The van der Waals surface area contributed by atoms with Gasteiger partial charge in [-0.2, -0.15) is 0 Å². The summed E-state index contributed by atoms with van der Waals surface area (Å²) in [5.74, 6) is -2.12. The lowest BCUT2D eigenvalue weighted by molar-refractivity contribution is -0.120. The summed E-state index contributed by atoms with van der Waals surface area (Å²) < 4.78 is 15.6. The number of carboxylic acids is 1. The van der Waals surface area contributed by atoms with E-state index in [2.05, 4.69) is 10.2 Å². The van der Waals surface area contributed by atoms with Gasteiger partial charge >= 0.3 is 5.97 Å². The average Bonchev–Trinajstić information content (AvgIpc) is 3.33. The van der Waals surface area contributed by atoms with Crippen molar-refractivity contribution in [1.29, 1.82) is 5.41 Å². The average molecular weight is 518 g/mol. The Morgan fingerprint density at radius 1 is 1.05 bits per heavy atom. The maximum atomic E-state index is 15.0. The number of nitrogens with one attached hydrogen (secondary N) is 2. The molecular formula is C27H24FN5O3S. The number of benzene rings is 3. The second-order valence-corrected chi connectivity index (χ2v) is 9.91. The fourth-order valence-corrected chi connectivity index (χ4v) is 5.57. The van der Waals surface area contributed by atoms with E-state index in [1.165, 1.54) is 29.5 Å². The SMILES string of the molecule is N=C(N)c1ccc(-c2cc(C(=O)O)cc3sc(N4CCC(C(=O)Nc5ccccc5)CC4)nc23)c(F)c1. The third-order valence-corrected chi connectivity index (χ3v) is 7.54. The second kappa shape index (κ2) is 9.98. The number of halogens is 1. The number of amidine groups is 1. The number of rotatable bonds is 6. The molecule has 5 rings (SSSR count). The molecular weight excluding hydrogens is 493 g/mol. The number of nitrogens with two attached hydrogens (primary N) is 1. The highest BCUT2D eigenvalue weighted by atomic mass is 32.1. The van der Waals surface area contributed by atoms with E-state index in [4.69, 9.17) is 16.1 Å². The Morgan fingerprint density at radius 3 is 2.43 bits per heavy atom. The van der Waals surface area contributed by atoms with Gasteiger partial charge in [0.2, 0.25) is 5.91 Å². The first-order valence-electron chi connectivity index (χ1n) is 11.7. The number of carbonyl (C=O) groups is 2. The van der Waals surface area contributed by atoms with E-state index in [1.807, 2.05) is 30.3 Å². The van der Waals surface area contributed by atoms with Gasteiger partial charge < -0.3 is 21.1 Å². The van der Waals surface area contributed by atoms with Crippen LogP contribution in [0.25, 0.3) is 21.3 Å². The zero-order valence-electron chi connectivity index (χ0n) is 19.7. The van der Waals surface area contributed by atoms with Gasteiger partial charge in [0.15, 0.2) is 5.13 Å². The summed E-state index contributed by atoms with van der Waals surface area (Å²) in [5.41, 5.74) is 7.57. The number of nitrogen functional groups attached to an aromatic ring is 1. The minimum atomic E-state index is -1.12. The predicted molar refractivity (Wildman–Crippen MR) is 143 cm³/mol. The van der Waals surface area contributed by atoms with E-state index in [0.717, 1.165) is 11.8 Å². The minimum Gasteiger partial charge on any atom is -0.478 e. The number of nitrogens with zero attached hydrogens (tertiary/aromatic N) is 2. The molecule has 1 saturated heterocycles. The Kier molecular flexibility index (Phi) is 6.58. The molecule has 8 nitrogen and oxygen atoms in total. The van der Waals surface area contributed by atoms with Crippen molar-refractivity contribution in [2.75, 3.05) is 23.3 Å². The number of fused-ring (bicyclic) bond motifs is 1. The quantitative estimate of drug-likeness (QED) is 0.212. The van der Waals surface area contributed by atoms with Gasteiger partial charge in [-0.05, 0) is 43.2 Å². The maximum Gasteiger partial charge on any atom is 0.335 e. The number of thiazole rings is 1. The normalized spacial score (nSPS) is 14.0. The number of amides is 1. The number of hydrogen-bond donors (Lipinski definition) is 4. The molecule has 2 heterocycles. The third kappa shape index (κ3) is 5.01. The number of hydrogen-bond acceptors (Lipinski definition) is 6. The standard InChI is InChI=1S/C27H24FN5O3S/c28-21-13-16(24(29)30)6-7-19(21)20-12-17(26(35)36)14-22-23(20)32-27(37-22)33-10-8-15(9-11-33)25(34)31-18-4-2-1-3-5-18/h1-7,12-15H,8-11H2,(H3,29,30)(H,31,34)(H,35,36). The van der Waals surface area contributed by atoms with Crippen molar-refractivity contribution in [2.24, 2.45) is 11.7 Å². The molecule has 0 radical (unpaired) electrons. The van der Waals surface area contributed by atoms with E-state index in [0.29, 0.717) is 46.8 Å². The topological polar surface area (TPSA) is 132 Å². The van der Waals surface area contributed by atoms with Crippen LogP contribution < -0.4 is 16.0 Å². The predicted octanol–water partition coefficient (Wildman–Crippen LogP) is 4.94. The first kappa shape index (κ1) is 24.4. The number of piperidine rings is 1. The molecule has 1 amide bonds. The molecule has 1 fully saturated rings. The highest BCUT2D eigenvalue weighted by Crippen LogP contribution is 2.38. The monoisotopic (exact) mass is 517 g/mol. The van der Waals surface area contributed by atoms with E-state index < -0.39 is 11.8 Å². The summed E-state index contributed by atoms with van der Waals surface area (Å²) in [5, 5.41) is 20.8. The lowest BCUT2D eigenvalue weighted by Gasteiger charge is -2.31. The molecule has 0 saturated carbocycles. The summed E-state index contributed by atoms with van der Waals surface area (Å²) in [7, 11) is 0. The molecule has 4 aromatic rings. The van der Waals surface area contributed by atoms with Crippen molar-refractivity contribution in [2.45, 2.75) is 12.8 Å².